The van der Waals surface area contributed by atoms with Crippen molar-refractivity contribution in [1.82, 2.24) is 0 Å². The molecule has 0 aliphatic heterocycles. The van der Waals surface area contributed by atoms with Crippen molar-refractivity contribution >= 4 is 29.2 Å². The molecule has 0 saturated carbocycles. The molecule has 152 valence electrons. The van der Waals surface area contributed by atoms with Gasteiger partial charge in [0.25, 0.3) is 5.91 Å². The van der Waals surface area contributed by atoms with E-state index in [-0.39, 0.29) is 10.6 Å². The van der Waals surface area contributed by atoms with E-state index in [2.05, 4.69) is 5.32 Å². The number of rotatable bonds is 8. The number of carbonyl (C=O) groups excluding carboxylic acids is 2. The van der Waals surface area contributed by atoms with Gasteiger partial charge in [-0.15, -0.1) is 0 Å². The Kier molecular flexibility index (Phi) is 7.87. The molecule has 0 fully saturated rings. The van der Waals surface area contributed by atoms with Gasteiger partial charge in [0.1, 0.15) is 0 Å². The molecule has 0 saturated heterocycles. The average Bonchev–Trinajstić information content (AvgIpc) is 2.72. The van der Waals surface area contributed by atoms with Gasteiger partial charge in [0.2, 0.25) is 0 Å². The van der Waals surface area contributed by atoms with Crippen LogP contribution in [-0.4, -0.2) is 31.7 Å². The van der Waals surface area contributed by atoms with E-state index in [1.54, 1.807) is 18.2 Å². The fourth-order valence-corrected chi connectivity index (χ4v) is 2.64. The third kappa shape index (κ3) is 5.87. The minimum absolute atomic E-state index is 0.127. The van der Waals surface area contributed by atoms with Gasteiger partial charge in [0.15, 0.2) is 17.6 Å². The number of ether oxygens (including phenoxy) is 3. The van der Waals surface area contributed by atoms with Crippen LogP contribution in [0.15, 0.2) is 36.4 Å². The Morgan fingerprint density at radius 2 is 2.03 bits per heavy atom. The van der Waals surface area contributed by atoms with Gasteiger partial charge in [0.05, 0.1) is 35.9 Å². The lowest BCUT2D eigenvalue weighted by atomic mass is 10.2. The molecule has 0 radical (unpaired) electrons. The number of halogens is 1. The summed E-state index contributed by atoms with van der Waals surface area (Å²) in [7, 11) is 1.44. The zero-order valence-corrected chi connectivity index (χ0v) is 17.1. The van der Waals surface area contributed by atoms with Crippen molar-refractivity contribution in [1.29, 1.82) is 5.26 Å². The van der Waals surface area contributed by atoms with Crippen LogP contribution in [0.5, 0.6) is 11.5 Å². The molecule has 2 aromatic carbocycles. The van der Waals surface area contributed by atoms with Gasteiger partial charge in [-0.3, -0.25) is 4.79 Å². The van der Waals surface area contributed by atoms with Gasteiger partial charge in [-0.05, 0) is 43.7 Å². The van der Waals surface area contributed by atoms with Gasteiger partial charge < -0.3 is 19.5 Å². The summed E-state index contributed by atoms with van der Waals surface area (Å²) in [6.45, 7) is 3.85. The van der Waals surface area contributed by atoms with Crippen molar-refractivity contribution in [3.8, 4) is 17.6 Å². The van der Waals surface area contributed by atoms with E-state index in [4.69, 9.17) is 31.1 Å². The number of nitriles is 1. The molecule has 2 rings (SSSR count). The molecule has 0 aromatic heterocycles. The van der Waals surface area contributed by atoms with E-state index in [9.17, 15) is 9.59 Å². The Labute approximate surface area is 174 Å². The molecule has 2 aromatic rings. The van der Waals surface area contributed by atoms with Crippen molar-refractivity contribution in [3.05, 3.63) is 52.5 Å². The van der Waals surface area contributed by atoms with Gasteiger partial charge in [-0.1, -0.05) is 24.6 Å². The van der Waals surface area contributed by atoms with Crippen molar-refractivity contribution in [2.75, 3.05) is 19.0 Å². The highest BCUT2D eigenvalue weighted by Gasteiger charge is 2.22. The maximum Gasteiger partial charge on any atom is 0.339 e. The molecule has 1 atom stereocenters. The van der Waals surface area contributed by atoms with Crippen molar-refractivity contribution in [3.63, 3.8) is 0 Å². The van der Waals surface area contributed by atoms with E-state index in [0.717, 1.165) is 6.42 Å². The second-order valence-corrected chi connectivity index (χ2v) is 6.47. The first kappa shape index (κ1) is 22.1. The van der Waals surface area contributed by atoms with Crippen LogP contribution in [0.4, 0.5) is 5.69 Å². The first-order chi connectivity index (χ1) is 13.9. The molecule has 0 bridgehead atoms. The van der Waals surface area contributed by atoms with Crippen molar-refractivity contribution < 1.29 is 23.8 Å². The molecule has 1 amide bonds. The Balaban J connectivity index is 2.09. The first-order valence-corrected chi connectivity index (χ1v) is 9.29. The Bertz CT molecular complexity index is 939. The molecular formula is C21H21ClN2O5. The standard InChI is InChI=1S/C21H21ClN2O5/c1-4-8-28-19-17(22)10-15(11-18(19)27-3)21(26)29-13(2)20(25)24-16-7-5-6-14(9-16)12-23/h5-7,9-11,13H,4,8H2,1-3H3,(H,24,25)/t13-/m1/s1. The highest BCUT2D eigenvalue weighted by Crippen LogP contribution is 2.36. The summed E-state index contributed by atoms with van der Waals surface area (Å²) in [5.41, 5.74) is 0.959. The lowest BCUT2D eigenvalue weighted by molar-refractivity contribution is -0.123. The Hall–Kier alpha value is -3.24. The molecule has 0 aliphatic carbocycles. The van der Waals surface area contributed by atoms with Crippen molar-refractivity contribution in [2.24, 2.45) is 0 Å². The molecule has 0 heterocycles. The van der Waals surface area contributed by atoms with Gasteiger partial charge >= 0.3 is 5.97 Å². The summed E-state index contributed by atoms with van der Waals surface area (Å²) in [4.78, 5) is 24.8. The summed E-state index contributed by atoms with van der Waals surface area (Å²) in [6, 6.07) is 11.2. The number of nitrogens with zero attached hydrogens (tertiary/aromatic N) is 1. The van der Waals surface area contributed by atoms with Gasteiger partial charge in [0, 0.05) is 5.69 Å². The number of hydrogen-bond acceptors (Lipinski definition) is 6. The number of methoxy groups -OCH3 is 1. The van der Waals surface area contributed by atoms with Crippen LogP contribution in [0, 0.1) is 11.3 Å². The molecule has 29 heavy (non-hydrogen) atoms. The zero-order chi connectivity index (χ0) is 21.4. The minimum Gasteiger partial charge on any atom is -0.493 e. The van der Waals surface area contributed by atoms with Gasteiger partial charge in [-0.2, -0.15) is 5.26 Å². The summed E-state index contributed by atoms with van der Waals surface area (Å²) >= 11 is 6.21. The smallest absolute Gasteiger partial charge is 0.339 e. The second-order valence-electron chi connectivity index (χ2n) is 6.07. The van der Waals surface area contributed by atoms with Crippen molar-refractivity contribution in [2.45, 2.75) is 26.4 Å². The maximum absolute atomic E-state index is 12.5. The molecule has 8 heteroatoms. The van der Waals surface area contributed by atoms with E-state index in [1.807, 2.05) is 13.0 Å². The number of esters is 1. The first-order valence-electron chi connectivity index (χ1n) is 8.92. The van der Waals surface area contributed by atoms with Crippen LogP contribution < -0.4 is 14.8 Å². The SMILES string of the molecule is CCCOc1c(Cl)cc(C(=O)O[C@H](C)C(=O)Nc2cccc(C#N)c2)cc1OC. The number of amides is 1. The van der Waals surface area contributed by atoms with Crippen LogP contribution >= 0.6 is 11.6 Å². The van der Waals surface area contributed by atoms with E-state index in [1.165, 1.54) is 32.2 Å². The normalized spacial score (nSPS) is 11.1. The minimum atomic E-state index is -1.07. The summed E-state index contributed by atoms with van der Waals surface area (Å²) in [5.74, 6) is -0.630. The van der Waals surface area contributed by atoms with E-state index in [0.29, 0.717) is 29.4 Å². The molecular weight excluding hydrogens is 396 g/mol. The van der Waals surface area contributed by atoms with Crippen LogP contribution in [0.2, 0.25) is 5.02 Å². The largest absolute Gasteiger partial charge is 0.493 e. The van der Waals surface area contributed by atoms with Gasteiger partial charge in [-0.25, -0.2) is 4.79 Å². The van der Waals surface area contributed by atoms with Crippen LogP contribution in [0.3, 0.4) is 0 Å². The number of nitrogens with one attached hydrogen (secondary N) is 1. The number of hydrogen-bond donors (Lipinski definition) is 1. The summed E-state index contributed by atoms with van der Waals surface area (Å²) in [5, 5.41) is 11.7. The fraction of sp³-hybridized carbons (Fsp3) is 0.286. The molecule has 0 spiro atoms. The number of carbonyl (C=O) groups is 2. The highest BCUT2D eigenvalue weighted by atomic mass is 35.5. The molecule has 0 unspecified atom stereocenters. The molecule has 0 aliphatic rings. The predicted octanol–water partition coefficient (Wildman–Crippen LogP) is 4.19. The van der Waals surface area contributed by atoms with Crippen LogP contribution in [0.1, 0.15) is 36.2 Å². The van der Waals surface area contributed by atoms with E-state index < -0.39 is 18.0 Å². The van der Waals surface area contributed by atoms with E-state index >= 15 is 0 Å². The third-order valence-corrected chi connectivity index (χ3v) is 4.11. The average molecular weight is 417 g/mol. The second kappa shape index (κ2) is 10.3. The molecule has 7 nitrogen and oxygen atoms in total. The lowest BCUT2D eigenvalue weighted by Gasteiger charge is -2.16. The predicted molar refractivity (Wildman–Crippen MR) is 108 cm³/mol. The Morgan fingerprint density at radius 3 is 2.69 bits per heavy atom. The number of anilines is 1. The number of benzene rings is 2. The summed E-state index contributed by atoms with van der Waals surface area (Å²) in [6.07, 6.45) is -0.290. The third-order valence-electron chi connectivity index (χ3n) is 3.83. The molecule has 1 N–H and O–H groups in total. The van der Waals surface area contributed by atoms with Crippen LogP contribution in [0.25, 0.3) is 0 Å². The highest BCUT2D eigenvalue weighted by molar-refractivity contribution is 6.32. The maximum atomic E-state index is 12.5. The fourth-order valence-electron chi connectivity index (χ4n) is 2.37. The summed E-state index contributed by atoms with van der Waals surface area (Å²) < 4.78 is 16.0. The monoisotopic (exact) mass is 416 g/mol. The topological polar surface area (TPSA) is 97.6 Å². The van der Waals surface area contributed by atoms with Crippen LogP contribution in [-0.2, 0) is 9.53 Å². The quantitative estimate of drug-likeness (QED) is 0.648. The zero-order valence-electron chi connectivity index (χ0n) is 16.3. The lowest BCUT2D eigenvalue weighted by Crippen LogP contribution is -2.30. The Morgan fingerprint density at radius 1 is 1.28 bits per heavy atom.